The molecule has 1 aromatic carbocycles. The zero-order valence-electron chi connectivity index (χ0n) is 10.1. The monoisotopic (exact) mass is 232 g/mol. The number of likely N-dealkylation sites (N-methyl/N-ethyl adjacent to an activating group) is 1. The fourth-order valence-electron chi connectivity index (χ4n) is 2.54. The van der Waals surface area contributed by atoms with Gasteiger partial charge in [0.05, 0.1) is 7.11 Å². The first-order chi connectivity index (χ1) is 8.18. The highest BCUT2D eigenvalue weighted by molar-refractivity contribution is 5.91. The average molecular weight is 232 g/mol. The van der Waals surface area contributed by atoms with E-state index in [0.29, 0.717) is 0 Å². The second-order valence-corrected chi connectivity index (χ2v) is 4.79. The number of amides is 1. The van der Waals surface area contributed by atoms with E-state index >= 15 is 0 Å². The van der Waals surface area contributed by atoms with Crippen LogP contribution in [0.15, 0.2) is 24.3 Å². The Labute approximate surface area is 101 Å². The largest absolute Gasteiger partial charge is 0.496 e. The summed E-state index contributed by atoms with van der Waals surface area (Å²) in [7, 11) is 3.50. The van der Waals surface area contributed by atoms with Crippen molar-refractivity contribution in [2.75, 3.05) is 14.2 Å². The highest BCUT2D eigenvalue weighted by Gasteiger charge is 2.58. The van der Waals surface area contributed by atoms with Crippen LogP contribution < -0.4 is 10.1 Å². The van der Waals surface area contributed by atoms with Crippen LogP contribution in [0.25, 0.3) is 0 Å². The SMILES string of the molecule is COc1ccccc1C1NC2(CC2)C(=O)N1C. The number of methoxy groups -OCH3 is 1. The van der Waals surface area contributed by atoms with Crippen LogP contribution in [0.1, 0.15) is 24.6 Å². The summed E-state index contributed by atoms with van der Waals surface area (Å²) in [5, 5.41) is 3.43. The van der Waals surface area contributed by atoms with Crippen molar-refractivity contribution in [2.24, 2.45) is 0 Å². The van der Waals surface area contributed by atoms with Gasteiger partial charge in [0.25, 0.3) is 0 Å². The predicted octanol–water partition coefficient (Wildman–Crippen LogP) is 1.29. The molecule has 2 aliphatic rings. The molecule has 0 aromatic heterocycles. The van der Waals surface area contributed by atoms with E-state index in [1.807, 2.05) is 31.3 Å². The van der Waals surface area contributed by atoms with Gasteiger partial charge in [0, 0.05) is 12.6 Å². The number of carbonyl (C=O) groups is 1. The molecule has 1 saturated heterocycles. The van der Waals surface area contributed by atoms with Crippen LogP contribution in [0.2, 0.25) is 0 Å². The third-order valence-corrected chi connectivity index (χ3v) is 3.71. The molecule has 1 N–H and O–H groups in total. The van der Waals surface area contributed by atoms with Crippen LogP contribution in [0, 0.1) is 0 Å². The van der Waals surface area contributed by atoms with E-state index in [2.05, 4.69) is 5.32 Å². The van der Waals surface area contributed by atoms with Crippen molar-refractivity contribution < 1.29 is 9.53 Å². The average Bonchev–Trinajstić information content (AvgIpc) is 3.10. The Morgan fingerprint density at radius 3 is 2.71 bits per heavy atom. The number of ether oxygens (including phenoxy) is 1. The number of benzene rings is 1. The van der Waals surface area contributed by atoms with Gasteiger partial charge in [0.2, 0.25) is 5.91 Å². The Bertz CT molecular complexity index is 468. The van der Waals surface area contributed by atoms with E-state index < -0.39 is 0 Å². The molecule has 0 bridgehead atoms. The second-order valence-electron chi connectivity index (χ2n) is 4.79. The molecule has 1 aliphatic heterocycles. The van der Waals surface area contributed by atoms with Crippen molar-refractivity contribution >= 4 is 5.91 Å². The number of nitrogens with zero attached hydrogens (tertiary/aromatic N) is 1. The summed E-state index contributed by atoms with van der Waals surface area (Å²) < 4.78 is 5.35. The fourth-order valence-corrected chi connectivity index (χ4v) is 2.54. The summed E-state index contributed by atoms with van der Waals surface area (Å²) >= 11 is 0. The van der Waals surface area contributed by atoms with Gasteiger partial charge in [0.1, 0.15) is 17.5 Å². The molecule has 4 heteroatoms. The molecule has 1 atom stereocenters. The topological polar surface area (TPSA) is 41.6 Å². The minimum atomic E-state index is -0.278. The molecule has 1 aromatic rings. The summed E-state index contributed by atoms with van der Waals surface area (Å²) in [6.07, 6.45) is 1.82. The molecule has 1 unspecified atom stereocenters. The quantitative estimate of drug-likeness (QED) is 0.835. The Morgan fingerprint density at radius 1 is 1.41 bits per heavy atom. The third kappa shape index (κ3) is 1.44. The van der Waals surface area contributed by atoms with Crippen molar-refractivity contribution in [3.63, 3.8) is 0 Å². The number of rotatable bonds is 2. The van der Waals surface area contributed by atoms with Crippen LogP contribution in [-0.4, -0.2) is 30.5 Å². The molecule has 3 rings (SSSR count). The lowest BCUT2D eigenvalue weighted by molar-refractivity contribution is -0.129. The molecule has 2 fully saturated rings. The zero-order valence-corrected chi connectivity index (χ0v) is 10.1. The smallest absolute Gasteiger partial charge is 0.244 e. The van der Waals surface area contributed by atoms with E-state index in [1.54, 1.807) is 12.0 Å². The lowest BCUT2D eigenvalue weighted by Crippen LogP contribution is -2.30. The Kier molecular flexibility index (Phi) is 2.16. The number of para-hydroxylation sites is 1. The maximum absolute atomic E-state index is 12.1. The van der Waals surface area contributed by atoms with Crippen molar-refractivity contribution in [2.45, 2.75) is 24.5 Å². The first-order valence-electron chi connectivity index (χ1n) is 5.86. The molecule has 1 aliphatic carbocycles. The predicted molar refractivity (Wildman–Crippen MR) is 63.6 cm³/mol. The normalized spacial score (nSPS) is 25.4. The summed E-state index contributed by atoms with van der Waals surface area (Å²) in [5.41, 5.74) is 0.745. The maximum Gasteiger partial charge on any atom is 0.244 e. The lowest BCUT2D eigenvalue weighted by Gasteiger charge is -2.21. The fraction of sp³-hybridized carbons (Fsp3) is 0.462. The molecule has 1 spiro atoms. The summed E-state index contributed by atoms with van der Waals surface area (Å²) in [4.78, 5) is 13.9. The number of carbonyl (C=O) groups excluding carboxylic acids is 1. The van der Waals surface area contributed by atoms with Crippen molar-refractivity contribution in [1.29, 1.82) is 0 Å². The van der Waals surface area contributed by atoms with Gasteiger partial charge in [-0.2, -0.15) is 0 Å². The van der Waals surface area contributed by atoms with Crippen molar-refractivity contribution in [3.8, 4) is 5.75 Å². The molecular formula is C13H16N2O2. The Hall–Kier alpha value is -1.55. The molecule has 0 radical (unpaired) electrons. The molecule has 1 saturated carbocycles. The third-order valence-electron chi connectivity index (χ3n) is 3.71. The van der Waals surface area contributed by atoms with E-state index in [4.69, 9.17) is 4.74 Å². The molecular weight excluding hydrogens is 216 g/mol. The molecule has 1 amide bonds. The van der Waals surface area contributed by atoms with Gasteiger partial charge in [-0.15, -0.1) is 0 Å². The van der Waals surface area contributed by atoms with Crippen LogP contribution in [0.5, 0.6) is 5.75 Å². The Morgan fingerprint density at radius 2 is 2.12 bits per heavy atom. The van der Waals surface area contributed by atoms with E-state index in [9.17, 15) is 4.79 Å². The number of hydrogen-bond acceptors (Lipinski definition) is 3. The highest BCUT2D eigenvalue weighted by atomic mass is 16.5. The summed E-state index contributed by atoms with van der Waals surface area (Å²) in [6.45, 7) is 0. The van der Waals surface area contributed by atoms with Crippen LogP contribution >= 0.6 is 0 Å². The van der Waals surface area contributed by atoms with Gasteiger partial charge in [-0.05, 0) is 18.9 Å². The first-order valence-corrected chi connectivity index (χ1v) is 5.86. The number of hydrogen-bond donors (Lipinski definition) is 1. The minimum Gasteiger partial charge on any atom is -0.496 e. The van der Waals surface area contributed by atoms with Crippen molar-refractivity contribution in [1.82, 2.24) is 10.2 Å². The Balaban J connectivity index is 1.97. The van der Waals surface area contributed by atoms with Crippen molar-refractivity contribution in [3.05, 3.63) is 29.8 Å². The summed E-state index contributed by atoms with van der Waals surface area (Å²) in [6, 6.07) is 7.83. The molecule has 4 nitrogen and oxygen atoms in total. The van der Waals surface area contributed by atoms with Crippen LogP contribution in [0.4, 0.5) is 0 Å². The number of nitrogens with one attached hydrogen (secondary N) is 1. The minimum absolute atomic E-state index is 0.0684. The first kappa shape index (κ1) is 10.6. The van der Waals surface area contributed by atoms with Gasteiger partial charge in [-0.1, -0.05) is 18.2 Å². The van der Waals surface area contributed by atoms with E-state index in [1.165, 1.54) is 0 Å². The molecule has 1 heterocycles. The van der Waals surface area contributed by atoms with Gasteiger partial charge >= 0.3 is 0 Å². The second kappa shape index (κ2) is 3.47. The van der Waals surface area contributed by atoms with Gasteiger partial charge < -0.3 is 9.64 Å². The van der Waals surface area contributed by atoms with E-state index in [0.717, 1.165) is 24.2 Å². The van der Waals surface area contributed by atoms with Gasteiger partial charge in [0.15, 0.2) is 0 Å². The van der Waals surface area contributed by atoms with E-state index in [-0.39, 0.29) is 17.6 Å². The summed E-state index contributed by atoms with van der Waals surface area (Å²) in [5.74, 6) is 1.02. The highest BCUT2D eigenvalue weighted by Crippen LogP contribution is 2.46. The maximum atomic E-state index is 12.1. The van der Waals surface area contributed by atoms with Gasteiger partial charge in [-0.25, -0.2) is 0 Å². The molecule has 17 heavy (non-hydrogen) atoms. The van der Waals surface area contributed by atoms with Gasteiger partial charge in [-0.3, -0.25) is 10.1 Å². The molecule has 90 valence electrons. The van der Waals surface area contributed by atoms with Crippen LogP contribution in [0.3, 0.4) is 0 Å². The van der Waals surface area contributed by atoms with Crippen LogP contribution in [-0.2, 0) is 4.79 Å². The zero-order chi connectivity index (χ0) is 12.0. The standard InChI is InChI=1S/C13H16N2O2/c1-15-11(14-13(7-8-13)12(15)16)9-5-3-4-6-10(9)17-2/h3-6,11,14H,7-8H2,1-2H3. The lowest BCUT2D eigenvalue weighted by atomic mass is 10.1.